The van der Waals surface area contributed by atoms with Crippen molar-refractivity contribution in [3.05, 3.63) is 96.1 Å². The molecule has 174 valence electrons. The first-order valence-electron chi connectivity index (χ1n) is 11.7. The van der Waals surface area contributed by atoms with Gasteiger partial charge in [0.25, 0.3) is 5.91 Å². The molecule has 0 unspecified atom stereocenters. The van der Waals surface area contributed by atoms with Crippen LogP contribution in [0.5, 0.6) is 5.75 Å². The van der Waals surface area contributed by atoms with Crippen LogP contribution in [0.4, 0.5) is 5.69 Å². The van der Waals surface area contributed by atoms with Gasteiger partial charge in [0.1, 0.15) is 5.75 Å². The molecule has 34 heavy (non-hydrogen) atoms. The summed E-state index contributed by atoms with van der Waals surface area (Å²) in [6.45, 7) is 3.15. The zero-order valence-electron chi connectivity index (χ0n) is 19.3. The van der Waals surface area contributed by atoms with Crippen molar-refractivity contribution in [3.8, 4) is 5.75 Å². The summed E-state index contributed by atoms with van der Waals surface area (Å²) < 4.78 is 5.19. The van der Waals surface area contributed by atoms with E-state index in [0.717, 1.165) is 26.2 Å². The number of ether oxygens (including phenoxy) is 1. The molecule has 3 aromatic carbocycles. The number of carbonyl (C=O) groups is 2. The van der Waals surface area contributed by atoms with E-state index in [0.29, 0.717) is 11.4 Å². The van der Waals surface area contributed by atoms with Crippen LogP contribution < -0.4 is 9.64 Å². The first-order valence-corrected chi connectivity index (χ1v) is 11.7. The molecule has 6 heteroatoms. The summed E-state index contributed by atoms with van der Waals surface area (Å²) >= 11 is 0. The van der Waals surface area contributed by atoms with Crippen molar-refractivity contribution in [1.82, 2.24) is 9.80 Å². The summed E-state index contributed by atoms with van der Waals surface area (Å²) in [6.07, 6.45) is 0.228. The average Bonchev–Trinajstić information content (AvgIpc) is 3.19. The molecule has 5 rings (SSSR count). The van der Waals surface area contributed by atoms with E-state index in [1.54, 1.807) is 31.4 Å². The number of hydrogen-bond acceptors (Lipinski definition) is 5. The lowest BCUT2D eigenvalue weighted by molar-refractivity contribution is -0.123. The van der Waals surface area contributed by atoms with E-state index in [4.69, 9.17) is 4.74 Å². The van der Waals surface area contributed by atoms with E-state index in [2.05, 4.69) is 58.3 Å². The predicted octanol–water partition coefficient (Wildman–Crippen LogP) is 3.73. The van der Waals surface area contributed by atoms with Crippen LogP contribution in [0, 0.1) is 0 Å². The zero-order chi connectivity index (χ0) is 23.5. The predicted molar refractivity (Wildman–Crippen MR) is 132 cm³/mol. The Hall–Kier alpha value is -3.48. The Morgan fingerprint density at radius 3 is 1.85 bits per heavy atom. The number of nitrogens with zero attached hydrogens (tertiary/aromatic N) is 3. The van der Waals surface area contributed by atoms with Crippen molar-refractivity contribution in [2.45, 2.75) is 18.5 Å². The topological polar surface area (TPSA) is 53.1 Å². The molecule has 3 aromatic rings. The van der Waals surface area contributed by atoms with E-state index in [1.807, 2.05) is 12.1 Å². The van der Waals surface area contributed by atoms with Crippen LogP contribution in [0.2, 0.25) is 0 Å². The normalized spacial score (nSPS) is 19.7. The molecule has 0 saturated carbocycles. The fraction of sp³-hybridized carbons (Fsp3) is 0.286. The summed E-state index contributed by atoms with van der Waals surface area (Å²) in [4.78, 5) is 32.0. The number of benzene rings is 3. The molecule has 0 aliphatic carbocycles. The van der Waals surface area contributed by atoms with Gasteiger partial charge in [0.2, 0.25) is 5.91 Å². The highest BCUT2D eigenvalue weighted by atomic mass is 16.5. The van der Waals surface area contributed by atoms with Crippen LogP contribution in [-0.4, -0.2) is 60.9 Å². The van der Waals surface area contributed by atoms with Gasteiger partial charge in [-0.25, -0.2) is 4.90 Å². The molecule has 0 aromatic heterocycles. The van der Waals surface area contributed by atoms with Crippen LogP contribution >= 0.6 is 0 Å². The SMILES string of the molecule is COc1ccc(N2C(=O)C[C@@H](N3CCN(C(c4ccccc4)c4ccccc4)CC3)C2=O)cc1. The quantitative estimate of drug-likeness (QED) is 0.530. The maximum Gasteiger partial charge on any atom is 0.251 e. The van der Waals surface area contributed by atoms with Crippen molar-refractivity contribution < 1.29 is 14.3 Å². The highest BCUT2D eigenvalue weighted by molar-refractivity contribution is 6.22. The third-order valence-electron chi connectivity index (χ3n) is 6.84. The van der Waals surface area contributed by atoms with Crippen molar-refractivity contribution in [2.24, 2.45) is 0 Å². The molecule has 1 atom stereocenters. The fourth-order valence-electron chi connectivity index (χ4n) is 5.10. The summed E-state index contributed by atoms with van der Waals surface area (Å²) in [5.41, 5.74) is 3.13. The Morgan fingerprint density at radius 1 is 0.765 bits per heavy atom. The van der Waals surface area contributed by atoms with Crippen LogP contribution in [0.15, 0.2) is 84.9 Å². The Labute approximate surface area is 200 Å². The highest BCUT2D eigenvalue weighted by Crippen LogP contribution is 2.32. The second-order valence-corrected chi connectivity index (χ2v) is 8.78. The number of anilines is 1. The average molecular weight is 456 g/mol. The third-order valence-corrected chi connectivity index (χ3v) is 6.84. The monoisotopic (exact) mass is 455 g/mol. The molecule has 0 N–H and O–H groups in total. The first kappa shape index (κ1) is 22.3. The smallest absolute Gasteiger partial charge is 0.251 e. The minimum atomic E-state index is -0.399. The second kappa shape index (κ2) is 9.79. The minimum Gasteiger partial charge on any atom is -0.497 e. The molecule has 2 aliphatic heterocycles. The molecule has 2 amide bonds. The number of imide groups is 1. The molecule has 2 saturated heterocycles. The van der Waals surface area contributed by atoms with Crippen LogP contribution in [-0.2, 0) is 9.59 Å². The largest absolute Gasteiger partial charge is 0.497 e. The lowest BCUT2D eigenvalue weighted by Gasteiger charge is -2.41. The molecule has 0 radical (unpaired) electrons. The number of carbonyl (C=O) groups excluding carboxylic acids is 2. The van der Waals surface area contributed by atoms with Crippen molar-refractivity contribution in [2.75, 3.05) is 38.2 Å². The number of methoxy groups -OCH3 is 1. The van der Waals surface area contributed by atoms with Crippen LogP contribution in [0.1, 0.15) is 23.6 Å². The number of rotatable bonds is 6. The minimum absolute atomic E-state index is 0.133. The van der Waals surface area contributed by atoms with E-state index < -0.39 is 6.04 Å². The van der Waals surface area contributed by atoms with Crippen LogP contribution in [0.25, 0.3) is 0 Å². The van der Waals surface area contributed by atoms with E-state index in [9.17, 15) is 9.59 Å². The lowest BCUT2D eigenvalue weighted by Crippen LogP contribution is -2.53. The molecular formula is C28H29N3O3. The van der Waals surface area contributed by atoms with E-state index in [1.165, 1.54) is 16.0 Å². The van der Waals surface area contributed by atoms with Gasteiger partial charge in [-0.2, -0.15) is 0 Å². The fourth-order valence-corrected chi connectivity index (χ4v) is 5.10. The van der Waals surface area contributed by atoms with Gasteiger partial charge in [-0.15, -0.1) is 0 Å². The maximum absolute atomic E-state index is 13.2. The van der Waals surface area contributed by atoms with Gasteiger partial charge in [-0.3, -0.25) is 19.4 Å². The molecule has 2 heterocycles. The summed E-state index contributed by atoms with van der Waals surface area (Å²) in [6, 6.07) is 28.0. The number of hydrogen-bond donors (Lipinski definition) is 0. The standard InChI is InChI=1S/C28H29N3O3/c1-34-24-14-12-23(13-15-24)31-26(32)20-25(28(31)33)29-16-18-30(19-17-29)27(21-8-4-2-5-9-21)22-10-6-3-7-11-22/h2-15,25,27H,16-20H2,1H3/t25-/m1/s1. The van der Waals surface area contributed by atoms with Crippen molar-refractivity contribution >= 4 is 17.5 Å². The van der Waals surface area contributed by atoms with Gasteiger partial charge in [-0.1, -0.05) is 60.7 Å². The zero-order valence-corrected chi connectivity index (χ0v) is 19.3. The second-order valence-electron chi connectivity index (χ2n) is 8.78. The first-order chi connectivity index (χ1) is 16.7. The molecule has 2 aliphatic rings. The Balaban J connectivity index is 1.29. The maximum atomic E-state index is 13.2. The number of piperazine rings is 1. The third kappa shape index (κ3) is 4.34. The van der Waals surface area contributed by atoms with Crippen LogP contribution in [0.3, 0.4) is 0 Å². The van der Waals surface area contributed by atoms with Gasteiger partial charge >= 0.3 is 0 Å². The number of amides is 2. The van der Waals surface area contributed by atoms with Gasteiger partial charge in [0, 0.05) is 26.2 Å². The molecule has 2 fully saturated rings. The Morgan fingerprint density at radius 2 is 1.32 bits per heavy atom. The molecule has 0 bridgehead atoms. The highest BCUT2D eigenvalue weighted by Gasteiger charge is 2.43. The Bertz CT molecular complexity index is 1090. The van der Waals surface area contributed by atoms with Crippen molar-refractivity contribution in [3.63, 3.8) is 0 Å². The Kier molecular flexibility index (Phi) is 6.43. The summed E-state index contributed by atoms with van der Waals surface area (Å²) in [7, 11) is 1.59. The van der Waals surface area contributed by atoms with Crippen molar-refractivity contribution in [1.29, 1.82) is 0 Å². The van der Waals surface area contributed by atoms with Gasteiger partial charge in [0.15, 0.2) is 0 Å². The van der Waals surface area contributed by atoms with Gasteiger partial charge in [0.05, 0.1) is 31.3 Å². The van der Waals surface area contributed by atoms with E-state index >= 15 is 0 Å². The lowest BCUT2D eigenvalue weighted by atomic mass is 9.96. The van der Waals surface area contributed by atoms with Gasteiger partial charge in [-0.05, 0) is 35.4 Å². The summed E-state index contributed by atoms with van der Waals surface area (Å²) in [5, 5.41) is 0. The molecular weight excluding hydrogens is 426 g/mol. The molecule has 6 nitrogen and oxygen atoms in total. The van der Waals surface area contributed by atoms with E-state index in [-0.39, 0.29) is 24.3 Å². The molecule has 0 spiro atoms. The summed E-state index contributed by atoms with van der Waals surface area (Å²) in [5.74, 6) is 0.419. The van der Waals surface area contributed by atoms with Gasteiger partial charge < -0.3 is 4.74 Å².